The number of aromatic amines is 2. The van der Waals surface area contributed by atoms with Gasteiger partial charge in [-0.25, -0.2) is 4.98 Å². The van der Waals surface area contributed by atoms with Crippen molar-refractivity contribution in [1.29, 1.82) is 0 Å². The van der Waals surface area contributed by atoms with E-state index in [1.165, 1.54) is 6.07 Å². The molecule has 0 bridgehead atoms. The average molecular weight is 545 g/mol. The largest absolute Gasteiger partial charge is 0.353 e. The SMILES string of the molecule is O=C(Cc1ccccc1)Nc1cncc(-c2cnc3n[nH]c(-c4cc5c(-c6ccc(F)s6)cccc5[nH]4)c3c2)c1. The standard InChI is InChI=1S/C31H21FN6OS/c32-28-10-9-27(40-28)22-7-4-8-25-23(22)14-26(36-25)30-24-13-20(16-34-31(24)38-37-30)19-12-21(17-33-15-19)35-29(39)11-18-5-2-1-3-6-18/h1-10,12-17,36H,11H2,(H,35,39)(H,34,37,38). The molecule has 0 saturated carbocycles. The first kappa shape index (κ1) is 23.9. The van der Waals surface area contributed by atoms with Crippen LogP contribution in [-0.4, -0.2) is 31.1 Å². The van der Waals surface area contributed by atoms with Gasteiger partial charge < -0.3 is 10.3 Å². The number of pyridine rings is 2. The molecule has 0 radical (unpaired) electrons. The number of rotatable bonds is 6. The number of hydrogen-bond acceptors (Lipinski definition) is 5. The van der Waals surface area contributed by atoms with Crippen molar-refractivity contribution in [2.45, 2.75) is 6.42 Å². The van der Waals surface area contributed by atoms with Gasteiger partial charge in [0.2, 0.25) is 5.91 Å². The Balaban J connectivity index is 1.21. The summed E-state index contributed by atoms with van der Waals surface area (Å²) in [5, 5.41) is 12.1. The summed E-state index contributed by atoms with van der Waals surface area (Å²) in [4.78, 5) is 25.8. The molecule has 7 rings (SSSR count). The molecular weight excluding hydrogens is 523 g/mol. The van der Waals surface area contributed by atoms with E-state index in [0.29, 0.717) is 11.3 Å². The molecule has 40 heavy (non-hydrogen) atoms. The van der Waals surface area contributed by atoms with Crippen LogP contribution >= 0.6 is 11.3 Å². The van der Waals surface area contributed by atoms with Gasteiger partial charge in [-0.15, -0.1) is 11.3 Å². The van der Waals surface area contributed by atoms with Gasteiger partial charge >= 0.3 is 0 Å². The molecule has 1 amide bonds. The smallest absolute Gasteiger partial charge is 0.228 e. The van der Waals surface area contributed by atoms with E-state index in [1.807, 2.05) is 66.7 Å². The van der Waals surface area contributed by atoms with Crippen molar-refractivity contribution in [3.8, 4) is 33.0 Å². The van der Waals surface area contributed by atoms with E-state index in [9.17, 15) is 9.18 Å². The van der Waals surface area contributed by atoms with Crippen LogP contribution in [0.15, 0.2) is 97.5 Å². The highest BCUT2D eigenvalue weighted by Gasteiger charge is 2.16. The second-order valence-corrected chi connectivity index (χ2v) is 10.5. The first-order valence-electron chi connectivity index (χ1n) is 12.6. The molecule has 2 aromatic carbocycles. The second-order valence-electron chi connectivity index (χ2n) is 9.42. The Morgan fingerprint density at radius 3 is 2.62 bits per heavy atom. The zero-order valence-corrected chi connectivity index (χ0v) is 21.8. The van der Waals surface area contributed by atoms with E-state index >= 15 is 0 Å². The van der Waals surface area contributed by atoms with Gasteiger partial charge in [0, 0.05) is 50.3 Å². The molecule has 0 saturated heterocycles. The number of amides is 1. The van der Waals surface area contributed by atoms with Gasteiger partial charge in [-0.1, -0.05) is 42.5 Å². The molecule has 0 aliphatic heterocycles. The lowest BCUT2D eigenvalue weighted by molar-refractivity contribution is -0.115. The third-order valence-electron chi connectivity index (χ3n) is 6.74. The summed E-state index contributed by atoms with van der Waals surface area (Å²) < 4.78 is 13.7. The molecule has 194 valence electrons. The van der Waals surface area contributed by atoms with Crippen molar-refractivity contribution in [2.24, 2.45) is 0 Å². The third kappa shape index (κ3) is 4.52. The number of benzene rings is 2. The van der Waals surface area contributed by atoms with E-state index in [0.717, 1.165) is 66.1 Å². The fraction of sp³-hybridized carbons (Fsp3) is 0.0323. The van der Waals surface area contributed by atoms with Gasteiger partial charge in [-0.05, 0) is 42.0 Å². The Labute approximate surface area is 231 Å². The fourth-order valence-corrected chi connectivity index (χ4v) is 5.65. The predicted molar refractivity (Wildman–Crippen MR) is 156 cm³/mol. The first-order chi connectivity index (χ1) is 19.6. The highest BCUT2D eigenvalue weighted by molar-refractivity contribution is 7.14. The van der Waals surface area contributed by atoms with E-state index in [2.05, 4.69) is 30.5 Å². The van der Waals surface area contributed by atoms with Crippen molar-refractivity contribution in [2.75, 3.05) is 5.32 Å². The molecule has 3 N–H and O–H groups in total. The number of thiophene rings is 1. The number of aromatic nitrogens is 5. The molecule has 0 aliphatic carbocycles. The van der Waals surface area contributed by atoms with Gasteiger partial charge in [-0.3, -0.25) is 14.9 Å². The predicted octanol–water partition coefficient (Wildman–Crippen LogP) is 7.22. The number of anilines is 1. The van der Waals surface area contributed by atoms with Crippen LogP contribution in [0.25, 0.3) is 54.9 Å². The zero-order valence-electron chi connectivity index (χ0n) is 21.0. The van der Waals surface area contributed by atoms with Crippen molar-refractivity contribution in [3.05, 3.63) is 108 Å². The average Bonchev–Trinajstić information content (AvgIpc) is 3.71. The summed E-state index contributed by atoms with van der Waals surface area (Å²) in [6.45, 7) is 0. The van der Waals surface area contributed by atoms with Crippen molar-refractivity contribution in [1.82, 2.24) is 25.1 Å². The summed E-state index contributed by atoms with van der Waals surface area (Å²) in [6, 6.07) is 24.8. The molecule has 7 nitrogen and oxygen atoms in total. The lowest BCUT2D eigenvalue weighted by Gasteiger charge is -2.07. The minimum atomic E-state index is -0.213. The van der Waals surface area contributed by atoms with Crippen LogP contribution in [0.3, 0.4) is 0 Å². The number of carbonyl (C=O) groups excluding carboxylic acids is 1. The van der Waals surface area contributed by atoms with E-state index in [4.69, 9.17) is 0 Å². The maximum atomic E-state index is 13.7. The number of nitrogens with one attached hydrogen (secondary N) is 3. The van der Waals surface area contributed by atoms with Crippen LogP contribution in [0.4, 0.5) is 10.1 Å². The zero-order chi connectivity index (χ0) is 27.1. The Morgan fingerprint density at radius 2 is 1.77 bits per heavy atom. The van der Waals surface area contributed by atoms with Crippen molar-refractivity contribution >= 4 is 44.9 Å². The van der Waals surface area contributed by atoms with E-state index in [-0.39, 0.29) is 17.5 Å². The molecule has 0 atom stereocenters. The third-order valence-corrected chi connectivity index (χ3v) is 7.65. The van der Waals surface area contributed by atoms with Gasteiger partial charge in [0.1, 0.15) is 0 Å². The van der Waals surface area contributed by atoms with Crippen LogP contribution < -0.4 is 5.32 Å². The van der Waals surface area contributed by atoms with E-state index in [1.54, 1.807) is 24.7 Å². The quantitative estimate of drug-likeness (QED) is 0.206. The van der Waals surface area contributed by atoms with Gasteiger partial charge in [0.25, 0.3) is 0 Å². The van der Waals surface area contributed by atoms with Crippen LogP contribution in [0.2, 0.25) is 0 Å². The Morgan fingerprint density at radius 1 is 0.900 bits per heavy atom. The second kappa shape index (κ2) is 9.87. The Hall–Kier alpha value is -5.15. The summed E-state index contributed by atoms with van der Waals surface area (Å²) in [6.07, 6.45) is 5.40. The number of nitrogens with zero attached hydrogens (tertiary/aromatic N) is 3. The topological polar surface area (TPSA) is 99.3 Å². The van der Waals surface area contributed by atoms with Crippen LogP contribution in [0, 0.1) is 5.13 Å². The summed E-state index contributed by atoms with van der Waals surface area (Å²) in [5.41, 5.74) is 7.34. The highest BCUT2D eigenvalue weighted by Crippen LogP contribution is 2.37. The highest BCUT2D eigenvalue weighted by atomic mass is 32.1. The summed E-state index contributed by atoms with van der Waals surface area (Å²) in [7, 11) is 0. The minimum absolute atomic E-state index is 0.112. The molecule has 9 heteroatoms. The van der Waals surface area contributed by atoms with Gasteiger partial charge in [-0.2, -0.15) is 9.49 Å². The molecule has 7 aromatic rings. The molecule has 5 heterocycles. The maximum Gasteiger partial charge on any atom is 0.228 e. The number of H-pyrrole nitrogens is 2. The van der Waals surface area contributed by atoms with E-state index < -0.39 is 0 Å². The summed E-state index contributed by atoms with van der Waals surface area (Å²) >= 11 is 1.13. The molecule has 5 aromatic heterocycles. The molecule has 0 aliphatic rings. The number of halogens is 1. The number of carbonyl (C=O) groups is 1. The first-order valence-corrected chi connectivity index (χ1v) is 13.4. The Kier molecular flexibility index (Phi) is 5.90. The van der Waals surface area contributed by atoms with Crippen LogP contribution in [0.1, 0.15) is 5.56 Å². The molecule has 0 fully saturated rings. The number of fused-ring (bicyclic) bond motifs is 2. The summed E-state index contributed by atoms with van der Waals surface area (Å²) in [5.74, 6) is -0.112. The fourth-order valence-electron chi connectivity index (χ4n) is 4.88. The van der Waals surface area contributed by atoms with Crippen molar-refractivity contribution in [3.63, 3.8) is 0 Å². The van der Waals surface area contributed by atoms with Crippen molar-refractivity contribution < 1.29 is 9.18 Å². The number of hydrogen-bond donors (Lipinski definition) is 3. The van der Waals surface area contributed by atoms with Gasteiger partial charge in [0.15, 0.2) is 10.8 Å². The monoisotopic (exact) mass is 544 g/mol. The minimum Gasteiger partial charge on any atom is -0.353 e. The molecule has 0 spiro atoms. The van der Waals surface area contributed by atoms with Crippen LogP contribution in [-0.2, 0) is 11.2 Å². The van der Waals surface area contributed by atoms with Crippen LogP contribution in [0.5, 0.6) is 0 Å². The normalized spacial score (nSPS) is 11.3. The molecular formula is C31H21FN6OS. The molecule has 0 unspecified atom stereocenters. The Bertz CT molecular complexity index is 2010. The van der Waals surface area contributed by atoms with Gasteiger partial charge in [0.05, 0.1) is 29.7 Å². The maximum absolute atomic E-state index is 13.7. The lowest BCUT2D eigenvalue weighted by Crippen LogP contribution is -2.14. The lowest BCUT2D eigenvalue weighted by atomic mass is 10.1.